The quantitative estimate of drug-likeness (QED) is 0.235. The highest BCUT2D eigenvalue weighted by molar-refractivity contribution is 7.58. The Kier molecular flexibility index (Phi) is 8.23. The molecule has 8 rings (SSSR count). The number of nitrogens with one attached hydrogen (secondary N) is 2. The molecule has 1 aliphatic carbocycles. The lowest BCUT2D eigenvalue weighted by Crippen LogP contribution is -2.61. The second-order valence-corrected chi connectivity index (χ2v) is 16.0. The summed E-state index contributed by atoms with van der Waals surface area (Å²) < 4.78 is 47.5. The number of benzene rings is 2. The molecule has 2 aromatic carbocycles. The molecule has 47 heavy (non-hydrogen) atoms. The van der Waals surface area contributed by atoms with Crippen LogP contribution < -0.4 is 26.0 Å². The first-order chi connectivity index (χ1) is 22.4. The van der Waals surface area contributed by atoms with E-state index in [1.165, 1.54) is 12.6 Å². The Morgan fingerprint density at radius 3 is 2.49 bits per heavy atom. The summed E-state index contributed by atoms with van der Waals surface area (Å²) in [6.45, 7) is 7.35. The number of rotatable bonds is 8. The number of aromatic nitrogens is 2. The van der Waals surface area contributed by atoms with Crippen LogP contribution >= 0.6 is 7.92 Å². The number of carbonyl (C=O) groups is 1. The van der Waals surface area contributed by atoms with Gasteiger partial charge in [-0.3, -0.25) is 9.69 Å². The minimum Gasteiger partial charge on any atom is -0.494 e. The van der Waals surface area contributed by atoms with E-state index >= 15 is 0 Å². The Morgan fingerprint density at radius 1 is 1.09 bits per heavy atom. The van der Waals surface area contributed by atoms with E-state index in [0.717, 1.165) is 68.2 Å². The van der Waals surface area contributed by atoms with E-state index in [0.29, 0.717) is 34.7 Å². The molecule has 1 saturated carbocycles. The van der Waals surface area contributed by atoms with Crippen LogP contribution in [0.5, 0.6) is 5.75 Å². The number of nitrogens with two attached hydrogens (primary N) is 1. The van der Waals surface area contributed by atoms with Crippen molar-refractivity contribution in [2.45, 2.75) is 45.1 Å². The number of amides is 1. The molecule has 3 aromatic rings. The maximum absolute atomic E-state index is 13.9. The molecule has 5 unspecified atom stereocenters. The predicted octanol–water partition coefficient (Wildman–Crippen LogP) is 6.45. The van der Waals surface area contributed by atoms with Gasteiger partial charge in [0.15, 0.2) is 0 Å². The van der Waals surface area contributed by atoms with E-state index in [1.54, 1.807) is 7.11 Å². The first-order valence-corrected chi connectivity index (χ1v) is 18.0. The van der Waals surface area contributed by atoms with Crippen molar-refractivity contribution in [2.75, 3.05) is 61.1 Å². The number of hydrogen-bond acceptors (Lipinski definition) is 8. The van der Waals surface area contributed by atoms with E-state index in [9.17, 15) is 18.0 Å². The fourth-order valence-corrected chi connectivity index (χ4v) is 12.7. The Labute approximate surface area is 274 Å². The van der Waals surface area contributed by atoms with Gasteiger partial charge in [0.1, 0.15) is 17.1 Å². The molecule has 4 bridgehead atoms. The van der Waals surface area contributed by atoms with Gasteiger partial charge in [0.05, 0.1) is 18.2 Å². The average Bonchev–Trinajstić information content (AvgIpc) is 3.02. The highest BCUT2D eigenvalue weighted by Crippen LogP contribution is 2.69. The normalized spacial score (nSPS) is 27.1. The van der Waals surface area contributed by atoms with Gasteiger partial charge in [0, 0.05) is 55.6 Å². The van der Waals surface area contributed by atoms with Gasteiger partial charge in [0.25, 0.3) is 0 Å². The number of piperazine rings is 1. The highest BCUT2D eigenvalue weighted by atomic mass is 31.1. The van der Waals surface area contributed by atoms with Gasteiger partial charge < -0.3 is 26.0 Å². The van der Waals surface area contributed by atoms with Crippen LogP contribution in [0.25, 0.3) is 0 Å². The van der Waals surface area contributed by atoms with E-state index in [4.69, 9.17) is 10.5 Å². The number of para-hydroxylation sites is 1. The van der Waals surface area contributed by atoms with Crippen molar-refractivity contribution >= 4 is 42.7 Å². The van der Waals surface area contributed by atoms with Crippen LogP contribution in [-0.4, -0.2) is 72.2 Å². The van der Waals surface area contributed by atoms with Crippen LogP contribution in [0.1, 0.15) is 36.0 Å². The van der Waals surface area contributed by atoms with E-state index in [2.05, 4.69) is 30.4 Å². The largest absolute Gasteiger partial charge is 0.494 e. The number of aryl methyl sites for hydroxylation is 2. The van der Waals surface area contributed by atoms with Gasteiger partial charge in [-0.2, -0.15) is 18.2 Å². The molecule has 5 fully saturated rings. The maximum atomic E-state index is 13.9. The molecule has 4 aliphatic heterocycles. The second-order valence-electron chi connectivity index (χ2n) is 13.6. The molecule has 5 atom stereocenters. The molecule has 9 nitrogen and oxygen atoms in total. The fourth-order valence-electron chi connectivity index (χ4n) is 8.54. The Morgan fingerprint density at radius 2 is 1.83 bits per heavy atom. The predicted molar refractivity (Wildman–Crippen MR) is 179 cm³/mol. The summed E-state index contributed by atoms with van der Waals surface area (Å²) in [5.74, 6) is 2.00. The highest BCUT2D eigenvalue weighted by Gasteiger charge is 2.58. The lowest BCUT2D eigenvalue weighted by molar-refractivity contribution is -0.137. The molecule has 5 heterocycles. The van der Waals surface area contributed by atoms with Crippen molar-refractivity contribution in [2.24, 2.45) is 23.0 Å². The molecule has 250 valence electrons. The summed E-state index contributed by atoms with van der Waals surface area (Å²) in [6.07, 6.45) is 1.64. The third kappa shape index (κ3) is 5.99. The van der Waals surface area contributed by atoms with Gasteiger partial charge in [0.2, 0.25) is 11.9 Å². The van der Waals surface area contributed by atoms with Crippen molar-refractivity contribution in [3.8, 4) is 5.75 Å². The number of nitrogens with zero attached hydrogens (tertiary/aromatic N) is 4. The Bertz CT molecular complexity index is 1640. The monoisotopic (exact) mass is 667 g/mol. The molecule has 0 radical (unpaired) electrons. The number of carbonyl (C=O) groups excluding carboxylic acids is 1. The van der Waals surface area contributed by atoms with Gasteiger partial charge in [-0.05, 0) is 80.5 Å². The lowest BCUT2D eigenvalue weighted by Gasteiger charge is -2.61. The van der Waals surface area contributed by atoms with Crippen molar-refractivity contribution < 1.29 is 22.7 Å². The lowest BCUT2D eigenvalue weighted by atomic mass is 9.65. The summed E-state index contributed by atoms with van der Waals surface area (Å²) in [5.41, 5.74) is 8.48. The number of anilines is 5. The van der Waals surface area contributed by atoms with Crippen LogP contribution in [0, 0.1) is 31.1 Å². The molecule has 0 spiro atoms. The molecule has 4 N–H and O–H groups in total. The zero-order chi connectivity index (χ0) is 33.1. The molecule has 1 aromatic heterocycles. The van der Waals surface area contributed by atoms with Crippen molar-refractivity contribution in [3.63, 3.8) is 0 Å². The van der Waals surface area contributed by atoms with Crippen molar-refractivity contribution in [3.05, 3.63) is 59.3 Å². The molecular formula is C34H41F3N7O2P. The number of ether oxygens (including phenoxy) is 1. The van der Waals surface area contributed by atoms with Crippen molar-refractivity contribution in [1.82, 2.24) is 14.9 Å². The minimum absolute atomic E-state index is 0.0159. The average molecular weight is 668 g/mol. The third-order valence-corrected chi connectivity index (χ3v) is 14.1. The molecular weight excluding hydrogens is 626 g/mol. The first kappa shape index (κ1) is 31.9. The van der Waals surface area contributed by atoms with Gasteiger partial charge in [-0.15, -0.1) is 0 Å². The van der Waals surface area contributed by atoms with Gasteiger partial charge >= 0.3 is 6.18 Å². The third-order valence-electron chi connectivity index (χ3n) is 10.6. The topological polar surface area (TPSA) is 109 Å². The van der Waals surface area contributed by atoms with Crippen LogP contribution in [0.4, 0.5) is 42.0 Å². The number of primary amides is 1. The van der Waals surface area contributed by atoms with Crippen molar-refractivity contribution in [1.29, 1.82) is 0 Å². The number of hydrogen-bond donors (Lipinski definition) is 3. The number of methoxy groups -OCH3 is 1. The van der Waals surface area contributed by atoms with Crippen LogP contribution in [-0.2, 0) is 11.0 Å². The SMILES string of the molecule is COc1cc(N2CCN(C3C4CC5CP3CC(C(N)=O)(C5)C4)CC2)ccc1Nc1ncc(C(F)(F)F)c(Nc2c(C)cccc2C)n1. The van der Waals surface area contributed by atoms with E-state index in [-0.39, 0.29) is 31.0 Å². The summed E-state index contributed by atoms with van der Waals surface area (Å²) in [4.78, 5) is 25.7. The van der Waals surface area contributed by atoms with Gasteiger partial charge in [-0.25, -0.2) is 4.98 Å². The molecule has 4 saturated heterocycles. The standard InChI is InChI=1S/C34H41F3N7O2P/c1-20-5-4-6-21(2)28(20)41-29-25(34(35,36)37)17-39-32(42-29)40-26-8-7-24(14-27(26)46-3)43-9-11-44(12-10-43)30-23-13-22-15-33(16-23,31(38)45)19-47(30)18-22/h4-8,14,17,22-23,30H,9-13,15-16,18-19H2,1-3H3,(H2,38,45)(H2,39,40,41,42). The van der Waals surface area contributed by atoms with Crippen LogP contribution in [0.2, 0.25) is 0 Å². The first-order valence-electron chi connectivity index (χ1n) is 16.2. The van der Waals surface area contributed by atoms with E-state index in [1.807, 2.05) is 50.2 Å². The number of halogens is 3. The summed E-state index contributed by atoms with van der Waals surface area (Å²) in [7, 11) is 1.35. The fraction of sp³-hybridized carbons (Fsp3) is 0.500. The van der Waals surface area contributed by atoms with Gasteiger partial charge in [-0.1, -0.05) is 26.1 Å². The van der Waals surface area contributed by atoms with Crippen LogP contribution in [0.15, 0.2) is 42.6 Å². The molecule has 5 aliphatic rings. The maximum Gasteiger partial charge on any atom is 0.421 e. The molecule has 1 amide bonds. The summed E-state index contributed by atoms with van der Waals surface area (Å²) in [6, 6.07) is 11.3. The zero-order valence-corrected chi connectivity index (χ0v) is 27.8. The second kappa shape index (κ2) is 12.1. The van der Waals surface area contributed by atoms with E-state index < -0.39 is 11.7 Å². The number of alkyl halides is 3. The smallest absolute Gasteiger partial charge is 0.421 e. The minimum atomic E-state index is -4.64. The summed E-state index contributed by atoms with van der Waals surface area (Å²) in [5, 5.41) is 5.97. The van der Waals surface area contributed by atoms with Crippen LogP contribution in [0.3, 0.4) is 0 Å². The zero-order valence-electron chi connectivity index (χ0n) is 26.9. The Hall–Kier alpha value is -3.63. The molecule has 13 heteroatoms. The summed E-state index contributed by atoms with van der Waals surface area (Å²) >= 11 is 0. The Balaban J connectivity index is 1.05.